The third-order valence-electron chi connectivity index (χ3n) is 3.31. The van der Waals surface area contributed by atoms with Gasteiger partial charge >= 0.3 is 0 Å². The highest BCUT2D eigenvalue weighted by atomic mass is 32.1. The number of ether oxygens (including phenoxy) is 1. The first kappa shape index (κ1) is 13.3. The van der Waals surface area contributed by atoms with E-state index in [9.17, 15) is 4.79 Å². The molecular weight excluding hydrogens is 276 g/mol. The van der Waals surface area contributed by atoms with Crippen LogP contribution >= 0.6 is 11.3 Å². The van der Waals surface area contributed by atoms with Crippen LogP contribution in [-0.2, 0) is 9.53 Å². The molecule has 1 N–H and O–H groups in total. The van der Waals surface area contributed by atoms with Crippen molar-refractivity contribution in [2.75, 3.05) is 31.6 Å². The van der Waals surface area contributed by atoms with Gasteiger partial charge in [0.05, 0.1) is 18.6 Å². The predicted molar refractivity (Wildman–Crippen MR) is 77.9 cm³/mol. The summed E-state index contributed by atoms with van der Waals surface area (Å²) in [6.07, 6.45) is 1.52. The van der Waals surface area contributed by atoms with Gasteiger partial charge in [0.2, 0.25) is 5.91 Å². The van der Waals surface area contributed by atoms with E-state index in [0.717, 1.165) is 10.2 Å². The number of carbonyl (C=O) groups is 1. The molecular formula is C13H16N4O2S. The van der Waals surface area contributed by atoms with Gasteiger partial charge in [0.1, 0.15) is 23.0 Å². The molecule has 0 radical (unpaired) electrons. The topological polar surface area (TPSA) is 67.4 Å². The Morgan fingerprint density at radius 2 is 2.25 bits per heavy atom. The second-order valence-electron chi connectivity index (χ2n) is 4.67. The van der Waals surface area contributed by atoms with Crippen LogP contribution in [0.25, 0.3) is 10.2 Å². The lowest BCUT2D eigenvalue weighted by molar-refractivity contribution is -0.135. The lowest BCUT2D eigenvalue weighted by Crippen LogP contribution is -2.47. The Morgan fingerprint density at radius 3 is 3.05 bits per heavy atom. The summed E-state index contributed by atoms with van der Waals surface area (Å²) in [5.74, 6) is 0.792. The number of morpholine rings is 1. The van der Waals surface area contributed by atoms with E-state index in [1.165, 1.54) is 6.33 Å². The van der Waals surface area contributed by atoms with E-state index in [4.69, 9.17) is 4.74 Å². The Labute approximate surface area is 120 Å². The lowest BCUT2D eigenvalue weighted by atomic mass is 10.2. The van der Waals surface area contributed by atoms with Gasteiger partial charge in [-0.1, -0.05) is 0 Å². The number of anilines is 1. The Kier molecular flexibility index (Phi) is 3.79. The number of amides is 1. The number of rotatable bonds is 3. The Morgan fingerprint density at radius 1 is 1.45 bits per heavy atom. The molecule has 0 aromatic carbocycles. The van der Waals surface area contributed by atoms with E-state index in [1.807, 2.05) is 23.3 Å². The van der Waals surface area contributed by atoms with Crippen LogP contribution in [0.1, 0.15) is 6.92 Å². The van der Waals surface area contributed by atoms with Crippen molar-refractivity contribution in [3.05, 3.63) is 17.8 Å². The van der Waals surface area contributed by atoms with Gasteiger partial charge in [-0.15, -0.1) is 11.3 Å². The number of carbonyl (C=O) groups excluding carboxylic acids is 1. The minimum atomic E-state index is -0.314. The van der Waals surface area contributed by atoms with Crippen molar-refractivity contribution >= 4 is 33.3 Å². The lowest BCUT2D eigenvalue weighted by Gasteiger charge is -2.29. The number of nitrogens with zero attached hydrogens (tertiary/aromatic N) is 3. The molecule has 0 saturated carbocycles. The minimum absolute atomic E-state index is 0.0790. The molecule has 3 rings (SSSR count). The molecule has 0 unspecified atom stereocenters. The van der Waals surface area contributed by atoms with E-state index < -0.39 is 0 Å². The first-order valence-corrected chi connectivity index (χ1v) is 7.45. The van der Waals surface area contributed by atoms with Crippen LogP contribution in [0, 0.1) is 0 Å². The normalized spacial score (nSPS) is 17.1. The first-order valence-electron chi connectivity index (χ1n) is 6.57. The summed E-state index contributed by atoms with van der Waals surface area (Å²) in [7, 11) is 0. The van der Waals surface area contributed by atoms with Gasteiger partial charge in [0, 0.05) is 13.1 Å². The largest absolute Gasteiger partial charge is 0.378 e. The fourth-order valence-corrected chi connectivity index (χ4v) is 2.96. The smallest absolute Gasteiger partial charge is 0.244 e. The summed E-state index contributed by atoms with van der Waals surface area (Å²) in [6.45, 7) is 4.39. The number of aromatic nitrogens is 2. The molecule has 3 heterocycles. The van der Waals surface area contributed by atoms with Crippen LogP contribution in [0.2, 0.25) is 0 Å². The van der Waals surface area contributed by atoms with E-state index in [1.54, 1.807) is 11.3 Å². The van der Waals surface area contributed by atoms with Crippen molar-refractivity contribution in [3.8, 4) is 0 Å². The summed E-state index contributed by atoms with van der Waals surface area (Å²) < 4.78 is 5.26. The highest BCUT2D eigenvalue weighted by molar-refractivity contribution is 7.16. The zero-order valence-corrected chi connectivity index (χ0v) is 12.0. The molecule has 1 fully saturated rings. The van der Waals surface area contributed by atoms with Gasteiger partial charge in [0.15, 0.2) is 0 Å². The second-order valence-corrected chi connectivity index (χ2v) is 5.56. The van der Waals surface area contributed by atoms with Crippen molar-refractivity contribution in [2.24, 2.45) is 0 Å². The quantitative estimate of drug-likeness (QED) is 0.925. The van der Waals surface area contributed by atoms with Gasteiger partial charge in [-0.3, -0.25) is 4.79 Å². The molecule has 1 amide bonds. The van der Waals surface area contributed by atoms with Crippen LogP contribution in [0.15, 0.2) is 17.8 Å². The Hall–Kier alpha value is -1.73. The molecule has 2 aromatic heterocycles. The third kappa shape index (κ3) is 2.59. The van der Waals surface area contributed by atoms with Gasteiger partial charge in [-0.25, -0.2) is 9.97 Å². The number of thiophene rings is 1. The molecule has 0 aliphatic carbocycles. The van der Waals surface area contributed by atoms with Crippen molar-refractivity contribution in [3.63, 3.8) is 0 Å². The number of hydrogen-bond acceptors (Lipinski definition) is 6. The molecule has 1 saturated heterocycles. The Bertz CT molecular complexity index is 609. The zero-order chi connectivity index (χ0) is 13.9. The monoisotopic (exact) mass is 292 g/mol. The zero-order valence-electron chi connectivity index (χ0n) is 11.2. The fraction of sp³-hybridized carbons (Fsp3) is 0.462. The molecule has 106 valence electrons. The standard InChI is InChI=1S/C13H16N4O2S/c1-9(13(18)17-3-5-19-6-4-17)16-11-10-2-7-20-12(10)15-8-14-11/h2,7-9H,3-6H2,1H3,(H,14,15,16)/t9-/m1/s1. The van der Waals surface area contributed by atoms with E-state index in [0.29, 0.717) is 32.1 Å². The van der Waals surface area contributed by atoms with Crippen LogP contribution in [0.4, 0.5) is 5.82 Å². The summed E-state index contributed by atoms with van der Waals surface area (Å²) in [6, 6.07) is 1.65. The number of fused-ring (bicyclic) bond motifs is 1. The summed E-state index contributed by atoms with van der Waals surface area (Å²) in [4.78, 5) is 23.5. The fourth-order valence-electron chi connectivity index (χ4n) is 2.23. The number of nitrogens with one attached hydrogen (secondary N) is 1. The molecule has 6 nitrogen and oxygen atoms in total. The first-order chi connectivity index (χ1) is 9.75. The van der Waals surface area contributed by atoms with Crippen LogP contribution in [-0.4, -0.2) is 53.1 Å². The number of hydrogen-bond donors (Lipinski definition) is 1. The third-order valence-corrected chi connectivity index (χ3v) is 4.13. The van der Waals surface area contributed by atoms with Gasteiger partial charge in [-0.05, 0) is 18.4 Å². The highest BCUT2D eigenvalue weighted by Gasteiger charge is 2.23. The average Bonchev–Trinajstić information content (AvgIpc) is 2.97. The molecule has 7 heteroatoms. The maximum atomic E-state index is 12.3. The highest BCUT2D eigenvalue weighted by Crippen LogP contribution is 2.24. The van der Waals surface area contributed by atoms with Gasteiger partial charge in [0.25, 0.3) is 0 Å². The van der Waals surface area contributed by atoms with E-state index >= 15 is 0 Å². The maximum Gasteiger partial charge on any atom is 0.244 e. The van der Waals surface area contributed by atoms with Crippen molar-refractivity contribution < 1.29 is 9.53 Å². The van der Waals surface area contributed by atoms with Crippen molar-refractivity contribution in [1.29, 1.82) is 0 Å². The second kappa shape index (κ2) is 5.72. The molecule has 1 aliphatic heterocycles. The predicted octanol–water partition coefficient (Wildman–Crippen LogP) is 1.35. The minimum Gasteiger partial charge on any atom is -0.378 e. The van der Waals surface area contributed by atoms with Crippen LogP contribution < -0.4 is 5.32 Å². The summed E-state index contributed by atoms with van der Waals surface area (Å²) in [5, 5.41) is 6.12. The molecule has 0 spiro atoms. The van der Waals surface area contributed by atoms with E-state index in [2.05, 4.69) is 15.3 Å². The SMILES string of the molecule is C[C@@H](Nc1ncnc2sccc12)C(=O)N1CCOCC1. The van der Waals surface area contributed by atoms with Gasteiger partial charge in [-0.2, -0.15) is 0 Å². The van der Waals surface area contributed by atoms with Crippen LogP contribution in [0.3, 0.4) is 0 Å². The molecule has 0 bridgehead atoms. The molecule has 1 aliphatic rings. The Balaban J connectivity index is 1.73. The summed E-state index contributed by atoms with van der Waals surface area (Å²) >= 11 is 1.56. The van der Waals surface area contributed by atoms with Crippen LogP contribution in [0.5, 0.6) is 0 Å². The molecule has 20 heavy (non-hydrogen) atoms. The van der Waals surface area contributed by atoms with Crippen molar-refractivity contribution in [2.45, 2.75) is 13.0 Å². The van der Waals surface area contributed by atoms with E-state index in [-0.39, 0.29) is 11.9 Å². The van der Waals surface area contributed by atoms with Crippen molar-refractivity contribution in [1.82, 2.24) is 14.9 Å². The molecule has 2 aromatic rings. The molecule has 1 atom stereocenters. The summed E-state index contributed by atoms with van der Waals surface area (Å²) in [5.41, 5.74) is 0. The maximum absolute atomic E-state index is 12.3. The average molecular weight is 292 g/mol. The van der Waals surface area contributed by atoms with Gasteiger partial charge < -0.3 is 15.0 Å².